The number of phenolic OH excluding ortho intramolecular Hbond substituents is 1. The van der Waals surface area contributed by atoms with Gasteiger partial charge in [-0.3, -0.25) is 0 Å². The summed E-state index contributed by atoms with van der Waals surface area (Å²) < 4.78 is 4.91. The predicted molar refractivity (Wildman–Crippen MR) is 91.3 cm³/mol. The third-order valence-electron chi connectivity index (χ3n) is 3.25. The second-order valence-electron chi connectivity index (χ2n) is 5.28. The number of nitrogens with zero attached hydrogens (tertiary/aromatic N) is 4. The van der Waals surface area contributed by atoms with Gasteiger partial charge >= 0.3 is 0 Å². The van der Waals surface area contributed by atoms with Gasteiger partial charge in [0.15, 0.2) is 0 Å². The molecule has 0 radical (unpaired) electrons. The minimum atomic E-state index is 0.0329. The molecule has 1 N–H and O–H groups in total. The fraction of sp³-hybridized carbons (Fsp3) is 0.438. The molecule has 2 aromatic rings. The highest BCUT2D eigenvalue weighted by molar-refractivity contribution is 6.33. The number of halogens is 1. The third kappa shape index (κ3) is 4.45. The van der Waals surface area contributed by atoms with E-state index in [4.69, 9.17) is 16.1 Å². The zero-order chi connectivity index (χ0) is 16.8. The molecule has 0 aliphatic carbocycles. The molecule has 0 atom stereocenters. The van der Waals surface area contributed by atoms with Crippen LogP contribution < -0.4 is 4.90 Å². The number of aromatic nitrogens is 1. The van der Waals surface area contributed by atoms with Gasteiger partial charge in [-0.15, -0.1) is 10.2 Å². The van der Waals surface area contributed by atoms with Crippen LogP contribution in [0.4, 0.5) is 17.2 Å². The molecule has 1 aromatic heterocycles. The van der Waals surface area contributed by atoms with E-state index in [1.807, 2.05) is 0 Å². The Balaban J connectivity index is 2.27. The highest BCUT2D eigenvalue weighted by Gasteiger charge is 2.13. The van der Waals surface area contributed by atoms with Crippen molar-refractivity contribution in [1.29, 1.82) is 0 Å². The van der Waals surface area contributed by atoms with E-state index < -0.39 is 0 Å². The molecule has 0 saturated carbocycles. The average molecular weight is 337 g/mol. The largest absolute Gasteiger partial charge is 0.506 e. The maximum Gasteiger partial charge on any atom is 0.216 e. The number of azo groups is 1. The van der Waals surface area contributed by atoms with Gasteiger partial charge in [0.2, 0.25) is 5.82 Å². The third-order valence-corrected chi connectivity index (χ3v) is 3.55. The minimum Gasteiger partial charge on any atom is -0.506 e. The molecule has 6 nitrogen and oxygen atoms in total. The smallest absolute Gasteiger partial charge is 0.216 e. The number of benzene rings is 1. The lowest BCUT2D eigenvalue weighted by molar-refractivity contribution is 0.399. The first kappa shape index (κ1) is 17.3. The van der Waals surface area contributed by atoms with Gasteiger partial charge in [-0.2, -0.15) is 0 Å². The lowest BCUT2D eigenvalue weighted by Gasteiger charge is -2.25. The molecule has 0 bridgehead atoms. The number of hydrogen-bond acceptors (Lipinski definition) is 6. The highest BCUT2D eigenvalue weighted by atomic mass is 35.5. The Hall–Kier alpha value is -2.08. The number of hydrogen-bond donors (Lipinski definition) is 1. The lowest BCUT2D eigenvalue weighted by Crippen LogP contribution is -2.25. The molecule has 7 heteroatoms. The van der Waals surface area contributed by atoms with Gasteiger partial charge in [0.05, 0.1) is 10.7 Å². The van der Waals surface area contributed by atoms with Crippen LogP contribution in [0.5, 0.6) is 5.75 Å². The van der Waals surface area contributed by atoms with Crippen LogP contribution in [0, 0.1) is 6.92 Å². The summed E-state index contributed by atoms with van der Waals surface area (Å²) in [7, 11) is 0. The molecule has 1 aromatic carbocycles. The van der Waals surface area contributed by atoms with Crippen molar-refractivity contribution >= 4 is 28.8 Å². The van der Waals surface area contributed by atoms with Crippen LogP contribution in [-0.2, 0) is 0 Å². The van der Waals surface area contributed by atoms with Crippen molar-refractivity contribution in [1.82, 2.24) is 5.16 Å². The van der Waals surface area contributed by atoms with Crippen molar-refractivity contribution in [3.05, 3.63) is 29.0 Å². The molecule has 0 fully saturated rings. The molecular formula is C16H21ClN4O2. The molecule has 2 rings (SSSR count). The molecule has 0 unspecified atom stereocenters. The molecule has 1 heterocycles. The Morgan fingerprint density at radius 3 is 2.43 bits per heavy atom. The van der Waals surface area contributed by atoms with Crippen LogP contribution in [0.25, 0.3) is 0 Å². The molecule has 0 saturated heterocycles. The summed E-state index contributed by atoms with van der Waals surface area (Å²) >= 11 is 6.36. The van der Waals surface area contributed by atoms with E-state index in [9.17, 15) is 5.11 Å². The Labute approximate surface area is 140 Å². The summed E-state index contributed by atoms with van der Waals surface area (Å²) in [5.41, 5.74) is 1.11. The van der Waals surface area contributed by atoms with Crippen LogP contribution in [-0.4, -0.2) is 23.4 Å². The quantitative estimate of drug-likeness (QED) is 0.688. The van der Waals surface area contributed by atoms with Crippen LogP contribution in [0.3, 0.4) is 0 Å². The SMILES string of the molecule is CCCN(CCC)c1cc(O)c(N=Nc2cc(C)on2)cc1Cl. The number of anilines is 1. The Morgan fingerprint density at radius 1 is 1.17 bits per heavy atom. The average Bonchev–Trinajstić information content (AvgIpc) is 2.93. The summed E-state index contributed by atoms with van der Waals surface area (Å²) in [6, 6.07) is 4.90. The summed E-state index contributed by atoms with van der Waals surface area (Å²) in [4.78, 5) is 2.16. The van der Waals surface area contributed by atoms with Gasteiger partial charge in [-0.25, -0.2) is 0 Å². The first-order valence-electron chi connectivity index (χ1n) is 7.67. The summed E-state index contributed by atoms with van der Waals surface area (Å²) in [6.45, 7) is 7.75. The second kappa shape index (κ2) is 7.97. The van der Waals surface area contributed by atoms with E-state index in [-0.39, 0.29) is 5.75 Å². The van der Waals surface area contributed by atoms with Crippen molar-refractivity contribution in [2.24, 2.45) is 10.2 Å². The van der Waals surface area contributed by atoms with E-state index in [0.29, 0.717) is 22.3 Å². The van der Waals surface area contributed by atoms with Crippen molar-refractivity contribution in [3.63, 3.8) is 0 Å². The first-order valence-corrected chi connectivity index (χ1v) is 8.05. The van der Waals surface area contributed by atoms with E-state index >= 15 is 0 Å². The van der Waals surface area contributed by atoms with Crippen molar-refractivity contribution in [2.45, 2.75) is 33.6 Å². The number of aryl methyl sites for hydroxylation is 1. The standard InChI is InChI=1S/C16H21ClN4O2/c1-4-6-21(7-5-2)14-10-15(22)13(9-12(14)17)18-19-16-8-11(3)23-20-16/h8-10,22H,4-7H2,1-3H3. The van der Waals surface area contributed by atoms with E-state index in [0.717, 1.165) is 31.6 Å². The van der Waals surface area contributed by atoms with Crippen LogP contribution >= 0.6 is 11.6 Å². The van der Waals surface area contributed by atoms with Crippen LogP contribution in [0.2, 0.25) is 5.02 Å². The zero-order valence-corrected chi connectivity index (χ0v) is 14.3. The highest BCUT2D eigenvalue weighted by Crippen LogP contribution is 2.38. The lowest BCUT2D eigenvalue weighted by atomic mass is 10.2. The van der Waals surface area contributed by atoms with Crippen molar-refractivity contribution in [2.75, 3.05) is 18.0 Å². The summed E-state index contributed by atoms with van der Waals surface area (Å²) in [5.74, 6) is 1.03. The van der Waals surface area contributed by atoms with Crippen molar-refractivity contribution < 1.29 is 9.63 Å². The number of aromatic hydroxyl groups is 1. The van der Waals surface area contributed by atoms with Crippen molar-refractivity contribution in [3.8, 4) is 5.75 Å². The predicted octanol–water partition coefficient (Wildman–Crippen LogP) is 5.38. The van der Waals surface area contributed by atoms with E-state index in [2.05, 4.69) is 34.1 Å². The Morgan fingerprint density at radius 2 is 1.87 bits per heavy atom. The first-order chi connectivity index (χ1) is 11.0. The fourth-order valence-electron chi connectivity index (χ4n) is 2.26. The normalized spacial score (nSPS) is 11.3. The number of rotatable bonds is 7. The monoisotopic (exact) mass is 336 g/mol. The Bertz CT molecular complexity index is 679. The van der Waals surface area contributed by atoms with Gasteiger partial charge in [0, 0.05) is 25.2 Å². The molecule has 23 heavy (non-hydrogen) atoms. The Kier molecular flexibility index (Phi) is 5.98. The molecular weight excluding hydrogens is 316 g/mol. The fourth-order valence-corrected chi connectivity index (χ4v) is 2.54. The molecule has 0 aliphatic rings. The maximum atomic E-state index is 10.2. The minimum absolute atomic E-state index is 0.0329. The van der Waals surface area contributed by atoms with E-state index in [1.165, 1.54) is 0 Å². The zero-order valence-electron chi connectivity index (χ0n) is 13.6. The topological polar surface area (TPSA) is 74.2 Å². The number of phenols is 1. The van der Waals surface area contributed by atoms with Gasteiger partial charge in [-0.05, 0) is 25.8 Å². The summed E-state index contributed by atoms with van der Waals surface area (Å²) in [6.07, 6.45) is 2.01. The van der Waals surface area contributed by atoms with Gasteiger partial charge < -0.3 is 14.5 Å². The molecule has 0 amide bonds. The van der Waals surface area contributed by atoms with Gasteiger partial charge in [-0.1, -0.05) is 30.6 Å². The van der Waals surface area contributed by atoms with Gasteiger partial charge in [0.1, 0.15) is 17.2 Å². The second-order valence-corrected chi connectivity index (χ2v) is 5.68. The molecule has 124 valence electrons. The van der Waals surface area contributed by atoms with Crippen LogP contribution in [0.15, 0.2) is 33.0 Å². The summed E-state index contributed by atoms with van der Waals surface area (Å²) in [5, 5.41) is 22.4. The van der Waals surface area contributed by atoms with Gasteiger partial charge in [0.25, 0.3) is 0 Å². The molecule has 0 spiro atoms. The molecule has 0 aliphatic heterocycles. The van der Waals surface area contributed by atoms with E-state index in [1.54, 1.807) is 25.1 Å². The van der Waals surface area contributed by atoms with Crippen LogP contribution in [0.1, 0.15) is 32.4 Å². The maximum absolute atomic E-state index is 10.2.